The summed E-state index contributed by atoms with van der Waals surface area (Å²) in [7, 11) is 1.58. The number of rotatable bonds is 6. The van der Waals surface area contributed by atoms with E-state index in [1.807, 2.05) is 0 Å². The smallest absolute Gasteiger partial charge is 0.313 e. The fourth-order valence-electron chi connectivity index (χ4n) is 3.09. The van der Waals surface area contributed by atoms with Gasteiger partial charge in [-0.3, -0.25) is 9.36 Å². The number of alkyl halides is 2. The lowest BCUT2D eigenvalue weighted by atomic mass is 9.89. The van der Waals surface area contributed by atoms with Crippen LogP contribution in [0.15, 0.2) is 17.3 Å². The standard InChI is InChI=1S/C16H17F2N3O3S/c1-24-12-7-6-11(9-4-2-3-5-10(9)12)21-15(14(17)18)19-20-16(21)25-8-13(22)23/h6-7,14H,2-5,8H2,1H3,(H,22,23). The van der Waals surface area contributed by atoms with E-state index in [-0.39, 0.29) is 10.9 Å². The molecular formula is C16H17F2N3O3S. The number of hydrogen-bond donors (Lipinski definition) is 1. The third-order valence-electron chi connectivity index (χ3n) is 4.11. The van der Waals surface area contributed by atoms with E-state index in [2.05, 4.69) is 10.2 Å². The van der Waals surface area contributed by atoms with Crippen molar-refractivity contribution in [3.05, 3.63) is 29.1 Å². The van der Waals surface area contributed by atoms with Crippen molar-refractivity contribution in [1.82, 2.24) is 14.8 Å². The highest BCUT2D eigenvalue weighted by Gasteiger charge is 2.26. The Hall–Kier alpha value is -2.16. The number of fused-ring (bicyclic) bond motifs is 1. The number of carboxylic acid groups (broad SMARTS) is 1. The summed E-state index contributed by atoms with van der Waals surface area (Å²) in [6.45, 7) is 0. The van der Waals surface area contributed by atoms with Gasteiger partial charge in [-0.05, 0) is 48.9 Å². The molecule has 1 heterocycles. The highest BCUT2D eigenvalue weighted by molar-refractivity contribution is 7.99. The number of aromatic nitrogens is 3. The molecule has 1 aromatic carbocycles. The average Bonchev–Trinajstić information content (AvgIpc) is 3.03. The summed E-state index contributed by atoms with van der Waals surface area (Å²) in [5, 5.41) is 16.4. The quantitative estimate of drug-likeness (QED) is 0.788. The Morgan fingerprint density at radius 1 is 1.32 bits per heavy atom. The van der Waals surface area contributed by atoms with Crippen LogP contribution in [-0.2, 0) is 17.6 Å². The Labute approximate surface area is 147 Å². The number of hydrogen-bond acceptors (Lipinski definition) is 5. The maximum absolute atomic E-state index is 13.4. The lowest BCUT2D eigenvalue weighted by molar-refractivity contribution is -0.133. The largest absolute Gasteiger partial charge is 0.496 e. The molecule has 0 bridgehead atoms. The van der Waals surface area contributed by atoms with E-state index in [1.165, 1.54) is 4.57 Å². The molecule has 1 aliphatic carbocycles. The zero-order valence-corrected chi connectivity index (χ0v) is 14.4. The van der Waals surface area contributed by atoms with Gasteiger partial charge in [-0.1, -0.05) is 11.8 Å². The molecule has 134 valence electrons. The monoisotopic (exact) mass is 369 g/mol. The van der Waals surface area contributed by atoms with Crippen LogP contribution in [0.5, 0.6) is 5.75 Å². The van der Waals surface area contributed by atoms with Gasteiger partial charge in [-0.2, -0.15) is 0 Å². The first-order valence-electron chi connectivity index (χ1n) is 7.80. The molecule has 6 nitrogen and oxygen atoms in total. The predicted molar refractivity (Wildman–Crippen MR) is 87.9 cm³/mol. The van der Waals surface area contributed by atoms with E-state index in [0.29, 0.717) is 5.69 Å². The molecule has 0 amide bonds. The van der Waals surface area contributed by atoms with Gasteiger partial charge in [-0.15, -0.1) is 10.2 Å². The predicted octanol–water partition coefficient (Wildman–Crippen LogP) is 3.27. The maximum Gasteiger partial charge on any atom is 0.313 e. The highest BCUT2D eigenvalue weighted by Crippen LogP contribution is 2.37. The van der Waals surface area contributed by atoms with Crippen LogP contribution < -0.4 is 4.74 Å². The molecule has 0 spiro atoms. The fourth-order valence-corrected chi connectivity index (χ4v) is 3.76. The van der Waals surface area contributed by atoms with Crippen molar-refractivity contribution in [1.29, 1.82) is 0 Å². The number of methoxy groups -OCH3 is 1. The number of ether oxygens (including phenoxy) is 1. The maximum atomic E-state index is 13.4. The molecule has 2 aromatic rings. The Balaban J connectivity index is 2.15. The van der Waals surface area contributed by atoms with Crippen LogP contribution in [0.25, 0.3) is 5.69 Å². The van der Waals surface area contributed by atoms with Crippen LogP contribution in [-0.4, -0.2) is 38.7 Å². The Morgan fingerprint density at radius 3 is 2.68 bits per heavy atom. The van der Waals surface area contributed by atoms with Crippen LogP contribution >= 0.6 is 11.8 Å². The molecule has 0 atom stereocenters. The number of carboxylic acids is 1. The molecule has 0 saturated heterocycles. The summed E-state index contributed by atoms with van der Waals surface area (Å²) >= 11 is 0.874. The molecule has 1 aliphatic rings. The fraction of sp³-hybridized carbons (Fsp3) is 0.438. The van der Waals surface area contributed by atoms with Crippen LogP contribution in [0.2, 0.25) is 0 Å². The minimum Gasteiger partial charge on any atom is -0.496 e. The summed E-state index contributed by atoms with van der Waals surface area (Å²) in [6, 6.07) is 3.46. The Kier molecular flexibility index (Phi) is 5.22. The molecule has 9 heteroatoms. The summed E-state index contributed by atoms with van der Waals surface area (Å²) in [4.78, 5) is 10.8. The number of halogens is 2. The van der Waals surface area contributed by atoms with E-state index in [9.17, 15) is 13.6 Å². The van der Waals surface area contributed by atoms with Crippen molar-refractivity contribution >= 4 is 17.7 Å². The molecule has 0 fully saturated rings. The first kappa shape index (κ1) is 17.7. The topological polar surface area (TPSA) is 77.2 Å². The molecule has 1 aromatic heterocycles. The summed E-state index contributed by atoms with van der Waals surface area (Å²) in [5.74, 6) is -1.06. The van der Waals surface area contributed by atoms with Gasteiger partial charge in [0.15, 0.2) is 5.16 Å². The third-order valence-corrected chi connectivity index (χ3v) is 5.02. The van der Waals surface area contributed by atoms with Gasteiger partial charge in [0.2, 0.25) is 5.82 Å². The first-order chi connectivity index (χ1) is 12.0. The van der Waals surface area contributed by atoms with Gasteiger partial charge in [0.1, 0.15) is 5.75 Å². The SMILES string of the molecule is COc1ccc(-n2c(SCC(=O)O)nnc2C(F)F)c2c1CCCC2. The van der Waals surface area contributed by atoms with Crippen LogP contribution in [0.4, 0.5) is 8.78 Å². The number of benzene rings is 1. The summed E-state index contributed by atoms with van der Waals surface area (Å²) in [6.07, 6.45) is 0.712. The van der Waals surface area contributed by atoms with Gasteiger partial charge < -0.3 is 9.84 Å². The number of thioether (sulfide) groups is 1. The Bertz CT molecular complexity index is 795. The first-order valence-corrected chi connectivity index (χ1v) is 8.78. The van der Waals surface area contributed by atoms with E-state index in [4.69, 9.17) is 9.84 Å². The van der Waals surface area contributed by atoms with Gasteiger partial charge >= 0.3 is 5.97 Å². The molecule has 25 heavy (non-hydrogen) atoms. The molecule has 0 aliphatic heterocycles. The van der Waals surface area contributed by atoms with Crippen molar-refractivity contribution in [3.8, 4) is 11.4 Å². The normalized spacial score (nSPS) is 13.8. The molecular weight excluding hydrogens is 352 g/mol. The second-order valence-electron chi connectivity index (χ2n) is 5.61. The van der Waals surface area contributed by atoms with Crippen molar-refractivity contribution < 1.29 is 23.4 Å². The number of carbonyl (C=O) groups is 1. The zero-order chi connectivity index (χ0) is 18.0. The number of aliphatic carboxylic acids is 1. The average molecular weight is 369 g/mol. The van der Waals surface area contributed by atoms with Gasteiger partial charge in [0.05, 0.1) is 18.6 Å². The van der Waals surface area contributed by atoms with Crippen LogP contribution in [0.3, 0.4) is 0 Å². The summed E-state index contributed by atoms with van der Waals surface area (Å²) < 4.78 is 33.5. The minimum atomic E-state index is -2.81. The summed E-state index contributed by atoms with van der Waals surface area (Å²) in [5.41, 5.74) is 2.52. The molecule has 0 unspecified atom stereocenters. The van der Waals surface area contributed by atoms with Gasteiger partial charge in [-0.25, -0.2) is 8.78 Å². The molecule has 0 radical (unpaired) electrons. The van der Waals surface area contributed by atoms with E-state index in [1.54, 1.807) is 19.2 Å². The minimum absolute atomic E-state index is 0.149. The highest BCUT2D eigenvalue weighted by atomic mass is 32.2. The van der Waals surface area contributed by atoms with Gasteiger partial charge in [0, 0.05) is 0 Å². The second kappa shape index (κ2) is 7.38. The zero-order valence-electron chi connectivity index (χ0n) is 13.5. The van der Waals surface area contributed by atoms with E-state index < -0.39 is 18.2 Å². The van der Waals surface area contributed by atoms with Crippen LogP contribution in [0.1, 0.15) is 36.2 Å². The van der Waals surface area contributed by atoms with Crippen molar-refractivity contribution in [3.63, 3.8) is 0 Å². The Morgan fingerprint density at radius 2 is 2.04 bits per heavy atom. The van der Waals surface area contributed by atoms with Crippen molar-refractivity contribution in [2.45, 2.75) is 37.3 Å². The van der Waals surface area contributed by atoms with E-state index >= 15 is 0 Å². The van der Waals surface area contributed by atoms with Crippen LogP contribution in [0, 0.1) is 0 Å². The van der Waals surface area contributed by atoms with E-state index in [0.717, 1.165) is 54.3 Å². The lowest BCUT2D eigenvalue weighted by Crippen LogP contribution is -2.13. The molecule has 3 rings (SSSR count). The molecule has 0 saturated carbocycles. The van der Waals surface area contributed by atoms with Crippen molar-refractivity contribution in [2.75, 3.05) is 12.9 Å². The second-order valence-corrected chi connectivity index (χ2v) is 6.55. The lowest BCUT2D eigenvalue weighted by Gasteiger charge is -2.23. The van der Waals surface area contributed by atoms with Gasteiger partial charge in [0.25, 0.3) is 6.43 Å². The van der Waals surface area contributed by atoms with Crippen molar-refractivity contribution in [2.24, 2.45) is 0 Å². The molecule has 1 N–H and O–H groups in total. The third kappa shape index (κ3) is 3.46. The number of nitrogens with zero attached hydrogens (tertiary/aromatic N) is 3.